The zero-order valence-electron chi connectivity index (χ0n) is 11.8. The van der Waals surface area contributed by atoms with E-state index in [0.717, 1.165) is 11.8 Å². The zero-order chi connectivity index (χ0) is 13.0. The second kappa shape index (κ2) is 6.72. The molecule has 1 aromatic heterocycles. The van der Waals surface area contributed by atoms with Gasteiger partial charge in [-0.15, -0.1) is 11.3 Å². The second-order valence-electron chi connectivity index (χ2n) is 5.88. The maximum absolute atomic E-state index is 6.47. The molecule has 18 heavy (non-hydrogen) atoms. The standard InChI is InChI=1S/C16H27NS/c1-3-4-5-13-6-8-14(9-7-13)16(17)15-10-11-18-12(15)2/h10-11,13-14,16H,3-9,17H2,1-2H3. The third kappa shape index (κ3) is 3.36. The molecule has 1 saturated carbocycles. The van der Waals surface area contributed by atoms with Crippen LogP contribution in [0.2, 0.25) is 0 Å². The first-order valence-corrected chi connectivity index (χ1v) is 8.40. The molecule has 1 fully saturated rings. The number of nitrogens with two attached hydrogens (primary N) is 1. The van der Waals surface area contributed by atoms with Gasteiger partial charge in [-0.25, -0.2) is 0 Å². The van der Waals surface area contributed by atoms with Crippen molar-refractivity contribution in [2.24, 2.45) is 17.6 Å². The van der Waals surface area contributed by atoms with Crippen LogP contribution in [-0.4, -0.2) is 0 Å². The van der Waals surface area contributed by atoms with Gasteiger partial charge in [0.2, 0.25) is 0 Å². The molecule has 0 aromatic carbocycles. The zero-order valence-corrected chi connectivity index (χ0v) is 12.6. The Bertz CT molecular complexity index is 350. The van der Waals surface area contributed by atoms with Crippen LogP contribution >= 0.6 is 11.3 Å². The molecule has 0 bridgehead atoms. The van der Waals surface area contributed by atoms with Crippen molar-refractivity contribution in [3.63, 3.8) is 0 Å². The van der Waals surface area contributed by atoms with Gasteiger partial charge in [0.05, 0.1) is 0 Å². The SMILES string of the molecule is CCCCC1CCC(C(N)c2ccsc2C)CC1. The number of hydrogen-bond donors (Lipinski definition) is 1. The molecule has 0 amide bonds. The smallest absolute Gasteiger partial charge is 0.0334 e. The average Bonchev–Trinajstić information content (AvgIpc) is 2.82. The lowest BCUT2D eigenvalue weighted by Gasteiger charge is -2.32. The maximum atomic E-state index is 6.47. The van der Waals surface area contributed by atoms with Crippen LogP contribution in [0.3, 0.4) is 0 Å². The van der Waals surface area contributed by atoms with Crippen molar-refractivity contribution in [2.45, 2.75) is 64.8 Å². The summed E-state index contributed by atoms with van der Waals surface area (Å²) >= 11 is 1.83. The van der Waals surface area contributed by atoms with Crippen LogP contribution in [0.25, 0.3) is 0 Å². The van der Waals surface area contributed by atoms with Gasteiger partial charge in [-0.1, -0.05) is 39.0 Å². The van der Waals surface area contributed by atoms with E-state index in [9.17, 15) is 0 Å². The lowest BCUT2D eigenvalue weighted by molar-refractivity contribution is 0.232. The molecule has 2 rings (SSSR count). The fourth-order valence-corrected chi connectivity index (χ4v) is 4.08. The Morgan fingerprint density at radius 3 is 2.61 bits per heavy atom. The normalized spacial score (nSPS) is 26.2. The number of hydrogen-bond acceptors (Lipinski definition) is 2. The monoisotopic (exact) mass is 265 g/mol. The molecule has 1 nitrogen and oxygen atoms in total. The van der Waals surface area contributed by atoms with E-state index in [2.05, 4.69) is 25.3 Å². The highest BCUT2D eigenvalue weighted by Crippen LogP contribution is 2.38. The molecule has 1 unspecified atom stereocenters. The Balaban J connectivity index is 1.84. The summed E-state index contributed by atoms with van der Waals surface area (Å²) in [6, 6.07) is 2.51. The minimum absolute atomic E-state index is 0.281. The van der Waals surface area contributed by atoms with E-state index in [-0.39, 0.29) is 6.04 Å². The Morgan fingerprint density at radius 2 is 2.06 bits per heavy atom. The first-order valence-electron chi connectivity index (χ1n) is 7.52. The summed E-state index contributed by atoms with van der Waals surface area (Å²) in [5.41, 5.74) is 7.87. The summed E-state index contributed by atoms with van der Waals surface area (Å²) in [7, 11) is 0. The molecule has 2 heteroatoms. The number of rotatable bonds is 5. The fourth-order valence-electron chi connectivity index (χ4n) is 3.32. The van der Waals surface area contributed by atoms with Gasteiger partial charge < -0.3 is 5.73 Å². The molecule has 1 aromatic rings. The lowest BCUT2D eigenvalue weighted by Crippen LogP contribution is -2.26. The summed E-state index contributed by atoms with van der Waals surface area (Å²) in [4.78, 5) is 1.41. The van der Waals surface area contributed by atoms with E-state index in [1.807, 2.05) is 11.3 Å². The molecule has 1 heterocycles. The van der Waals surface area contributed by atoms with Crippen LogP contribution < -0.4 is 5.73 Å². The maximum Gasteiger partial charge on any atom is 0.0334 e. The number of thiophene rings is 1. The van der Waals surface area contributed by atoms with Gasteiger partial charge in [0.15, 0.2) is 0 Å². The highest BCUT2D eigenvalue weighted by molar-refractivity contribution is 7.10. The largest absolute Gasteiger partial charge is 0.324 e. The highest BCUT2D eigenvalue weighted by Gasteiger charge is 2.27. The minimum atomic E-state index is 0.281. The molecule has 1 atom stereocenters. The third-order valence-electron chi connectivity index (χ3n) is 4.62. The Kier molecular flexibility index (Phi) is 5.25. The molecule has 0 radical (unpaired) electrons. The van der Waals surface area contributed by atoms with E-state index in [4.69, 9.17) is 5.73 Å². The molecular weight excluding hydrogens is 238 g/mol. The van der Waals surface area contributed by atoms with Crippen LogP contribution in [-0.2, 0) is 0 Å². The molecule has 2 N–H and O–H groups in total. The van der Waals surface area contributed by atoms with Gasteiger partial charge in [-0.2, -0.15) is 0 Å². The average molecular weight is 265 g/mol. The Labute approximate surface area is 116 Å². The van der Waals surface area contributed by atoms with Gasteiger partial charge in [0, 0.05) is 10.9 Å². The van der Waals surface area contributed by atoms with E-state index >= 15 is 0 Å². The summed E-state index contributed by atoms with van der Waals surface area (Å²) in [6.07, 6.45) is 9.67. The summed E-state index contributed by atoms with van der Waals surface area (Å²) in [6.45, 7) is 4.49. The Hall–Kier alpha value is -0.340. The van der Waals surface area contributed by atoms with Gasteiger partial charge in [-0.05, 0) is 48.6 Å². The summed E-state index contributed by atoms with van der Waals surface area (Å²) in [5, 5.41) is 2.18. The van der Waals surface area contributed by atoms with Gasteiger partial charge in [0.1, 0.15) is 0 Å². The molecule has 0 saturated heterocycles. The first kappa shape index (κ1) is 14.1. The number of unbranched alkanes of at least 4 members (excludes halogenated alkanes) is 1. The highest BCUT2D eigenvalue weighted by atomic mass is 32.1. The molecule has 102 valence electrons. The van der Waals surface area contributed by atoms with Crippen LogP contribution in [0.5, 0.6) is 0 Å². The summed E-state index contributed by atoms with van der Waals surface area (Å²) in [5.74, 6) is 1.70. The van der Waals surface area contributed by atoms with Gasteiger partial charge in [-0.3, -0.25) is 0 Å². The molecule has 1 aliphatic rings. The van der Waals surface area contributed by atoms with Crippen molar-refractivity contribution >= 4 is 11.3 Å². The fraction of sp³-hybridized carbons (Fsp3) is 0.750. The van der Waals surface area contributed by atoms with Crippen LogP contribution in [0, 0.1) is 18.8 Å². The van der Waals surface area contributed by atoms with E-state index < -0.39 is 0 Å². The topological polar surface area (TPSA) is 26.0 Å². The van der Waals surface area contributed by atoms with Crippen molar-refractivity contribution in [3.8, 4) is 0 Å². The molecular formula is C16H27NS. The Morgan fingerprint density at radius 1 is 1.33 bits per heavy atom. The van der Waals surface area contributed by atoms with Crippen LogP contribution in [0.1, 0.15) is 68.4 Å². The second-order valence-corrected chi connectivity index (χ2v) is 7.00. The molecule has 0 aliphatic heterocycles. The van der Waals surface area contributed by atoms with E-state index in [0.29, 0.717) is 0 Å². The van der Waals surface area contributed by atoms with Crippen LogP contribution in [0.15, 0.2) is 11.4 Å². The van der Waals surface area contributed by atoms with Crippen LogP contribution in [0.4, 0.5) is 0 Å². The minimum Gasteiger partial charge on any atom is -0.324 e. The van der Waals surface area contributed by atoms with Crippen molar-refractivity contribution in [3.05, 3.63) is 21.9 Å². The quantitative estimate of drug-likeness (QED) is 0.792. The van der Waals surface area contributed by atoms with Gasteiger partial charge in [0.25, 0.3) is 0 Å². The predicted molar refractivity (Wildman–Crippen MR) is 81.0 cm³/mol. The van der Waals surface area contributed by atoms with Crippen molar-refractivity contribution in [2.75, 3.05) is 0 Å². The molecule has 0 spiro atoms. The van der Waals surface area contributed by atoms with E-state index in [1.165, 1.54) is 55.4 Å². The lowest BCUT2D eigenvalue weighted by atomic mass is 9.75. The van der Waals surface area contributed by atoms with Crippen molar-refractivity contribution < 1.29 is 0 Å². The van der Waals surface area contributed by atoms with Crippen molar-refractivity contribution in [1.82, 2.24) is 0 Å². The molecule has 1 aliphatic carbocycles. The first-order chi connectivity index (χ1) is 8.72. The summed E-state index contributed by atoms with van der Waals surface area (Å²) < 4.78 is 0. The van der Waals surface area contributed by atoms with E-state index in [1.54, 1.807) is 0 Å². The van der Waals surface area contributed by atoms with Gasteiger partial charge >= 0.3 is 0 Å². The third-order valence-corrected chi connectivity index (χ3v) is 5.48. The number of aryl methyl sites for hydroxylation is 1. The van der Waals surface area contributed by atoms with Crippen molar-refractivity contribution in [1.29, 1.82) is 0 Å². The predicted octanol–water partition coefficient (Wildman–Crippen LogP) is 5.05.